The predicted molar refractivity (Wildman–Crippen MR) is 67.7 cm³/mol. The van der Waals surface area contributed by atoms with E-state index in [0.717, 1.165) is 14.2 Å². The molecule has 78 valence electrons. The quantitative estimate of drug-likeness (QED) is 0.856. The largest absolute Gasteiger partial charge is 0.367 e. The molecule has 2 rings (SSSR count). The van der Waals surface area contributed by atoms with Gasteiger partial charge in [-0.3, -0.25) is 0 Å². The van der Waals surface area contributed by atoms with Crippen LogP contribution in [0.5, 0.6) is 0 Å². The number of aromatic nitrogens is 3. The number of hydrogen-bond donors (Lipinski definition) is 1. The molecule has 2 aromatic rings. The van der Waals surface area contributed by atoms with Crippen LogP contribution in [0.1, 0.15) is 5.56 Å². The van der Waals surface area contributed by atoms with Crippen LogP contribution < -0.4 is 5.73 Å². The van der Waals surface area contributed by atoms with Gasteiger partial charge >= 0.3 is 0 Å². The molecule has 1 aromatic carbocycles. The van der Waals surface area contributed by atoms with Gasteiger partial charge in [0.1, 0.15) is 6.33 Å². The summed E-state index contributed by atoms with van der Waals surface area (Å²) in [5.74, 6) is 0.284. The summed E-state index contributed by atoms with van der Waals surface area (Å²) in [5, 5.41) is 4.73. The number of anilines is 1. The maximum Gasteiger partial charge on any atom is 0.239 e. The Morgan fingerprint density at radius 1 is 1.47 bits per heavy atom. The minimum atomic E-state index is 0.284. The van der Waals surface area contributed by atoms with Gasteiger partial charge in [0.15, 0.2) is 0 Å². The lowest BCUT2D eigenvalue weighted by atomic mass is 10.2. The fourth-order valence-electron chi connectivity index (χ4n) is 1.22. The van der Waals surface area contributed by atoms with Gasteiger partial charge in [-0.2, -0.15) is 0 Å². The van der Waals surface area contributed by atoms with Gasteiger partial charge in [-0.15, -0.1) is 5.10 Å². The second-order valence-corrected chi connectivity index (χ2v) is 4.63. The number of nitrogens with two attached hydrogens (primary N) is 1. The van der Waals surface area contributed by atoms with Gasteiger partial charge in [0.25, 0.3) is 0 Å². The molecule has 0 saturated carbocycles. The van der Waals surface area contributed by atoms with E-state index in [9.17, 15) is 0 Å². The number of rotatable bonds is 2. The molecule has 4 nitrogen and oxygen atoms in total. The van der Waals surface area contributed by atoms with Crippen molar-refractivity contribution in [2.75, 3.05) is 5.73 Å². The van der Waals surface area contributed by atoms with Crippen molar-refractivity contribution >= 4 is 40.1 Å². The van der Waals surface area contributed by atoms with Crippen molar-refractivity contribution in [2.24, 2.45) is 0 Å². The zero-order valence-corrected chi connectivity index (χ0v) is 10.6. The first-order chi connectivity index (χ1) is 7.15. The van der Waals surface area contributed by atoms with Crippen LogP contribution in [0.3, 0.4) is 0 Å². The molecule has 0 amide bonds. The third-order valence-corrected chi connectivity index (χ3v) is 3.18. The highest BCUT2D eigenvalue weighted by molar-refractivity contribution is 14.1. The Hall–Kier alpha value is -0.820. The molecule has 0 bridgehead atoms. The van der Waals surface area contributed by atoms with E-state index < -0.39 is 0 Å². The molecule has 0 aliphatic carbocycles. The first-order valence-electron chi connectivity index (χ1n) is 4.24. The normalized spacial score (nSPS) is 10.5. The zero-order chi connectivity index (χ0) is 10.8. The van der Waals surface area contributed by atoms with Gasteiger partial charge in [-0.1, -0.05) is 11.6 Å². The molecule has 6 heteroatoms. The molecule has 0 saturated heterocycles. The van der Waals surface area contributed by atoms with E-state index in [-0.39, 0.29) is 5.95 Å². The second kappa shape index (κ2) is 4.36. The van der Waals surface area contributed by atoms with Crippen LogP contribution in [-0.2, 0) is 6.54 Å². The standard InChI is InChI=1S/C9H8ClIN4/c10-7-1-2-8(11)6(3-7)4-15-5-13-9(12)14-15/h1-3,5H,4H2,(H2,12,14). The Morgan fingerprint density at radius 3 is 2.93 bits per heavy atom. The van der Waals surface area contributed by atoms with Crippen LogP contribution >= 0.6 is 34.2 Å². The lowest BCUT2D eigenvalue weighted by Gasteiger charge is -2.04. The third-order valence-electron chi connectivity index (χ3n) is 1.89. The Morgan fingerprint density at radius 2 is 2.27 bits per heavy atom. The molecule has 0 radical (unpaired) electrons. The first-order valence-corrected chi connectivity index (χ1v) is 5.69. The summed E-state index contributed by atoms with van der Waals surface area (Å²) in [6.45, 7) is 0.628. The Bertz CT molecular complexity index is 483. The van der Waals surface area contributed by atoms with Crippen molar-refractivity contribution in [3.05, 3.63) is 38.7 Å². The van der Waals surface area contributed by atoms with E-state index in [1.807, 2.05) is 18.2 Å². The highest BCUT2D eigenvalue weighted by atomic mass is 127. The van der Waals surface area contributed by atoms with Gasteiger partial charge in [0, 0.05) is 8.59 Å². The number of halogens is 2. The second-order valence-electron chi connectivity index (χ2n) is 3.04. The van der Waals surface area contributed by atoms with Gasteiger partial charge in [0.05, 0.1) is 6.54 Å². The first kappa shape index (κ1) is 10.7. The number of nitrogens with zero attached hydrogens (tertiary/aromatic N) is 3. The highest BCUT2D eigenvalue weighted by Crippen LogP contribution is 2.18. The van der Waals surface area contributed by atoms with Crippen molar-refractivity contribution in [3.63, 3.8) is 0 Å². The fraction of sp³-hybridized carbons (Fsp3) is 0.111. The Labute approximate surface area is 106 Å². The minimum Gasteiger partial charge on any atom is -0.367 e. The van der Waals surface area contributed by atoms with Crippen LogP contribution in [0, 0.1) is 3.57 Å². The van der Waals surface area contributed by atoms with Crippen LogP contribution in [-0.4, -0.2) is 14.8 Å². The zero-order valence-electron chi connectivity index (χ0n) is 7.69. The molecule has 0 aliphatic rings. The third kappa shape index (κ3) is 2.60. The van der Waals surface area contributed by atoms with E-state index in [0.29, 0.717) is 6.54 Å². The summed E-state index contributed by atoms with van der Waals surface area (Å²) in [7, 11) is 0. The van der Waals surface area contributed by atoms with E-state index in [4.69, 9.17) is 17.3 Å². The van der Waals surface area contributed by atoms with Crippen molar-refractivity contribution < 1.29 is 0 Å². The summed E-state index contributed by atoms with van der Waals surface area (Å²) in [6, 6.07) is 5.75. The van der Waals surface area contributed by atoms with Crippen molar-refractivity contribution in [1.29, 1.82) is 0 Å². The Balaban J connectivity index is 2.27. The maximum atomic E-state index is 5.91. The van der Waals surface area contributed by atoms with E-state index >= 15 is 0 Å². The minimum absolute atomic E-state index is 0.284. The number of hydrogen-bond acceptors (Lipinski definition) is 3. The molecule has 0 aliphatic heterocycles. The van der Waals surface area contributed by atoms with Gasteiger partial charge in [0.2, 0.25) is 5.95 Å². The lowest BCUT2D eigenvalue weighted by molar-refractivity contribution is 0.685. The van der Waals surface area contributed by atoms with E-state index in [2.05, 4.69) is 32.7 Å². The monoisotopic (exact) mass is 334 g/mol. The molecule has 0 atom stereocenters. The van der Waals surface area contributed by atoms with Crippen molar-refractivity contribution in [3.8, 4) is 0 Å². The van der Waals surface area contributed by atoms with Crippen molar-refractivity contribution in [2.45, 2.75) is 6.54 Å². The molecule has 15 heavy (non-hydrogen) atoms. The predicted octanol–water partition coefficient (Wildman–Crippen LogP) is 2.17. The molecule has 1 heterocycles. The van der Waals surface area contributed by atoms with Crippen LogP contribution in [0.4, 0.5) is 5.95 Å². The molecule has 1 aromatic heterocycles. The summed E-state index contributed by atoms with van der Waals surface area (Å²) >= 11 is 8.17. The summed E-state index contributed by atoms with van der Waals surface area (Å²) in [5.41, 5.74) is 6.53. The average Bonchev–Trinajstić information content (AvgIpc) is 2.58. The number of benzene rings is 1. The highest BCUT2D eigenvalue weighted by Gasteiger charge is 2.03. The van der Waals surface area contributed by atoms with Crippen LogP contribution in [0.15, 0.2) is 24.5 Å². The van der Waals surface area contributed by atoms with Crippen LogP contribution in [0.25, 0.3) is 0 Å². The van der Waals surface area contributed by atoms with E-state index in [1.165, 1.54) is 0 Å². The summed E-state index contributed by atoms with van der Waals surface area (Å²) in [4.78, 5) is 3.86. The molecule has 0 spiro atoms. The molecular formula is C9H8ClIN4. The average molecular weight is 335 g/mol. The van der Waals surface area contributed by atoms with Gasteiger partial charge in [-0.25, -0.2) is 9.67 Å². The summed E-state index contributed by atoms with van der Waals surface area (Å²) < 4.78 is 2.83. The molecule has 0 fully saturated rings. The topological polar surface area (TPSA) is 56.7 Å². The maximum absolute atomic E-state index is 5.91. The number of nitrogen functional groups attached to an aromatic ring is 1. The van der Waals surface area contributed by atoms with Crippen LogP contribution in [0.2, 0.25) is 5.02 Å². The molecule has 2 N–H and O–H groups in total. The van der Waals surface area contributed by atoms with Gasteiger partial charge in [-0.05, 0) is 46.4 Å². The smallest absolute Gasteiger partial charge is 0.239 e. The molecular weight excluding hydrogens is 326 g/mol. The van der Waals surface area contributed by atoms with E-state index in [1.54, 1.807) is 11.0 Å². The lowest BCUT2D eigenvalue weighted by Crippen LogP contribution is -2.02. The summed E-state index contributed by atoms with van der Waals surface area (Å²) in [6.07, 6.45) is 1.60. The Kier molecular flexibility index (Phi) is 3.11. The SMILES string of the molecule is Nc1ncn(Cc2cc(Cl)ccc2I)n1. The molecule has 0 unspecified atom stereocenters. The van der Waals surface area contributed by atoms with Gasteiger partial charge < -0.3 is 5.73 Å². The van der Waals surface area contributed by atoms with Crippen molar-refractivity contribution in [1.82, 2.24) is 14.8 Å². The fourth-order valence-corrected chi connectivity index (χ4v) is 1.92.